The van der Waals surface area contributed by atoms with Gasteiger partial charge < -0.3 is 35.1 Å². The molecular weight excluding hydrogens is 566 g/mol. The van der Waals surface area contributed by atoms with Crippen LogP contribution in [-0.4, -0.2) is 93.0 Å². The number of fused-ring (bicyclic) bond motifs is 3. The summed E-state index contributed by atoms with van der Waals surface area (Å²) in [5.41, 5.74) is 0.233. The first-order chi connectivity index (χ1) is 20.7. The lowest BCUT2D eigenvalue weighted by Gasteiger charge is -2.38. The standard InChI is InChI=1S/C28H30F2N8O5/c29-20-15-5-13(6-16(15)21(30)23-22(20)35-24(36-23)17-7-14(39)8-31-17)10-37-3-1-28(2-4-37)12-38(27(41)43-28)18-9-32-26-25(33-18)34-19(40)11-42-26/h9,13-14,17,31,39H,1-8,10-12H2,(H,35,36)(H,33,34,40)/t14-,17+/m1/s1. The third-order valence-corrected chi connectivity index (χ3v) is 9.32. The summed E-state index contributed by atoms with van der Waals surface area (Å²) in [7, 11) is 0. The number of ether oxygens (including phenoxy) is 2. The van der Waals surface area contributed by atoms with Crippen molar-refractivity contribution >= 4 is 34.7 Å². The molecule has 3 atom stereocenters. The number of hydrogen-bond donors (Lipinski definition) is 4. The zero-order chi connectivity index (χ0) is 29.5. The van der Waals surface area contributed by atoms with Crippen molar-refractivity contribution in [2.24, 2.45) is 5.92 Å². The number of aromatic amines is 1. The van der Waals surface area contributed by atoms with E-state index in [1.807, 2.05) is 0 Å². The number of aliphatic hydroxyl groups is 1. The Morgan fingerprint density at radius 1 is 1.12 bits per heavy atom. The van der Waals surface area contributed by atoms with Gasteiger partial charge in [0.15, 0.2) is 29.9 Å². The van der Waals surface area contributed by atoms with E-state index in [9.17, 15) is 14.7 Å². The Bertz CT molecular complexity index is 1610. The maximum absolute atomic E-state index is 15.6. The highest BCUT2D eigenvalue weighted by Crippen LogP contribution is 2.39. The molecule has 4 N–H and O–H groups in total. The van der Waals surface area contributed by atoms with Crippen molar-refractivity contribution in [2.45, 2.75) is 49.9 Å². The fraction of sp³-hybridized carbons (Fsp3) is 0.536. The molecule has 226 valence electrons. The molecule has 3 saturated heterocycles. The number of carbonyl (C=O) groups excluding carboxylic acids is 2. The summed E-state index contributed by atoms with van der Waals surface area (Å²) in [6.45, 7) is 2.61. The number of halogens is 2. The van der Waals surface area contributed by atoms with Gasteiger partial charge in [-0.3, -0.25) is 9.69 Å². The van der Waals surface area contributed by atoms with Gasteiger partial charge in [0.2, 0.25) is 0 Å². The topological polar surface area (TPSA) is 158 Å². The predicted octanol–water partition coefficient (Wildman–Crippen LogP) is 1.56. The lowest BCUT2D eigenvalue weighted by atomic mass is 9.90. The van der Waals surface area contributed by atoms with Crippen LogP contribution in [0.2, 0.25) is 0 Å². The second-order valence-electron chi connectivity index (χ2n) is 12.2. The summed E-state index contributed by atoms with van der Waals surface area (Å²) in [6.07, 6.45) is 2.92. The van der Waals surface area contributed by atoms with Gasteiger partial charge >= 0.3 is 6.09 Å². The Labute approximate surface area is 244 Å². The van der Waals surface area contributed by atoms with Crippen molar-refractivity contribution in [2.75, 3.05) is 49.5 Å². The molecule has 8 rings (SSSR count). The highest BCUT2D eigenvalue weighted by Gasteiger charge is 2.48. The maximum Gasteiger partial charge on any atom is 0.416 e. The van der Waals surface area contributed by atoms with Crippen LogP contribution in [0.4, 0.5) is 25.2 Å². The molecule has 4 aliphatic heterocycles. The molecule has 15 heteroatoms. The number of aromatic nitrogens is 4. The molecule has 2 amide bonds. The summed E-state index contributed by atoms with van der Waals surface area (Å²) < 4.78 is 42.3. The number of rotatable bonds is 4. The number of imidazole rings is 1. The molecule has 1 spiro atoms. The monoisotopic (exact) mass is 596 g/mol. The van der Waals surface area contributed by atoms with Crippen LogP contribution in [0.5, 0.6) is 5.88 Å². The van der Waals surface area contributed by atoms with Crippen molar-refractivity contribution in [1.29, 1.82) is 0 Å². The number of β-amino-alcohol motifs (C(OH)–C–C–N with tert-alkyl or cyclic N) is 1. The fourth-order valence-electron chi connectivity index (χ4n) is 7.12. The van der Waals surface area contributed by atoms with E-state index in [2.05, 4.69) is 35.5 Å². The Morgan fingerprint density at radius 2 is 1.91 bits per heavy atom. The van der Waals surface area contributed by atoms with E-state index in [-0.39, 0.29) is 53.0 Å². The zero-order valence-corrected chi connectivity index (χ0v) is 23.2. The van der Waals surface area contributed by atoms with Crippen molar-refractivity contribution in [3.63, 3.8) is 0 Å². The minimum absolute atomic E-state index is 0.0149. The second-order valence-corrected chi connectivity index (χ2v) is 12.2. The van der Waals surface area contributed by atoms with Crippen molar-refractivity contribution in [3.05, 3.63) is 34.8 Å². The van der Waals surface area contributed by atoms with Gasteiger partial charge in [-0.2, -0.15) is 0 Å². The first kappa shape index (κ1) is 26.7. The number of H-pyrrole nitrogens is 1. The van der Waals surface area contributed by atoms with Gasteiger partial charge in [-0.05, 0) is 36.3 Å². The summed E-state index contributed by atoms with van der Waals surface area (Å²) >= 11 is 0. The lowest BCUT2D eigenvalue weighted by molar-refractivity contribution is -0.118. The number of aliphatic hydroxyl groups excluding tert-OH is 1. The first-order valence-corrected chi connectivity index (χ1v) is 14.6. The number of likely N-dealkylation sites (tertiary alicyclic amines) is 1. The van der Waals surface area contributed by atoms with Gasteiger partial charge in [0, 0.05) is 39.0 Å². The summed E-state index contributed by atoms with van der Waals surface area (Å²) in [5.74, 6) is -0.120. The minimum Gasteiger partial charge on any atom is -0.465 e. The van der Waals surface area contributed by atoms with Crippen LogP contribution in [0.3, 0.4) is 0 Å². The molecule has 0 bridgehead atoms. The van der Waals surface area contributed by atoms with Gasteiger partial charge in [0.05, 0.1) is 24.9 Å². The number of piperidine rings is 1. The van der Waals surface area contributed by atoms with E-state index in [0.29, 0.717) is 81.8 Å². The smallest absolute Gasteiger partial charge is 0.416 e. The molecule has 5 aliphatic rings. The van der Waals surface area contributed by atoms with Crippen LogP contribution in [0.25, 0.3) is 11.0 Å². The SMILES string of the molecule is O=C1COc2ncc(N3CC4(CCN(CC5Cc6c(c(F)c7[nH]c([C@@H]8C[C@@H](O)CN8)nc7c6F)C5)CC4)OC3=O)nc2N1. The lowest BCUT2D eigenvalue weighted by Crippen LogP contribution is -2.48. The quantitative estimate of drug-likeness (QED) is 0.348. The van der Waals surface area contributed by atoms with E-state index >= 15 is 8.78 Å². The van der Waals surface area contributed by atoms with Crippen molar-refractivity contribution < 1.29 is 33.0 Å². The first-order valence-electron chi connectivity index (χ1n) is 14.6. The molecule has 2 aromatic heterocycles. The van der Waals surface area contributed by atoms with Crippen LogP contribution < -0.4 is 20.3 Å². The number of nitrogens with one attached hydrogen (secondary N) is 3. The Balaban J connectivity index is 0.915. The van der Waals surface area contributed by atoms with Gasteiger partial charge in [0.25, 0.3) is 11.8 Å². The number of benzene rings is 1. The molecule has 3 aromatic rings. The molecule has 6 heterocycles. The highest BCUT2D eigenvalue weighted by atomic mass is 19.1. The average molecular weight is 597 g/mol. The summed E-state index contributed by atoms with van der Waals surface area (Å²) in [5, 5.41) is 15.5. The van der Waals surface area contributed by atoms with Gasteiger partial charge in [-0.25, -0.2) is 28.5 Å². The van der Waals surface area contributed by atoms with Gasteiger partial charge in [-0.15, -0.1) is 0 Å². The highest BCUT2D eigenvalue weighted by molar-refractivity contribution is 5.95. The Kier molecular flexibility index (Phi) is 6.07. The summed E-state index contributed by atoms with van der Waals surface area (Å²) in [4.78, 5) is 44.0. The van der Waals surface area contributed by atoms with Crippen LogP contribution in [0.15, 0.2) is 6.20 Å². The molecular formula is C28H30F2N8O5. The van der Waals surface area contributed by atoms with Crippen LogP contribution >= 0.6 is 0 Å². The molecule has 1 aliphatic carbocycles. The fourth-order valence-corrected chi connectivity index (χ4v) is 7.12. The second kappa shape index (κ2) is 9.79. The normalized spacial score (nSPS) is 25.2. The average Bonchev–Trinajstić information content (AvgIpc) is 3.78. The minimum atomic E-state index is -0.672. The van der Waals surface area contributed by atoms with E-state index in [1.165, 1.54) is 11.1 Å². The summed E-state index contributed by atoms with van der Waals surface area (Å²) in [6, 6.07) is -0.263. The molecule has 1 aromatic carbocycles. The van der Waals surface area contributed by atoms with Crippen LogP contribution in [-0.2, 0) is 22.4 Å². The van der Waals surface area contributed by atoms with Gasteiger partial charge in [0.1, 0.15) is 22.5 Å². The Hall–Kier alpha value is -3.95. The largest absolute Gasteiger partial charge is 0.465 e. The van der Waals surface area contributed by atoms with E-state index in [1.54, 1.807) is 0 Å². The predicted molar refractivity (Wildman–Crippen MR) is 147 cm³/mol. The maximum atomic E-state index is 15.6. The van der Waals surface area contributed by atoms with Crippen molar-refractivity contribution in [1.82, 2.24) is 30.2 Å². The molecule has 43 heavy (non-hydrogen) atoms. The molecule has 0 radical (unpaired) electrons. The number of nitrogens with zero attached hydrogens (tertiary/aromatic N) is 5. The number of carbonyl (C=O) groups is 2. The van der Waals surface area contributed by atoms with Crippen LogP contribution in [0.1, 0.15) is 42.3 Å². The van der Waals surface area contributed by atoms with E-state index < -0.39 is 29.4 Å². The van der Waals surface area contributed by atoms with E-state index in [0.717, 1.165) is 0 Å². The van der Waals surface area contributed by atoms with Crippen LogP contribution in [0, 0.1) is 17.6 Å². The molecule has 1 unspecified atom stereocenters. The van der Waals surface area contributed by atoms with Crippen molar-refractivity contribution in [3.8, 4) is 5.88 Å². The molecule has 13 nitrogen and oxygen atoms in total. The molecule has 0 saturated carbocycles. The van der Waals surface area contributed by atoms with E-state index in [4.69, 9.17) is 9.47 Å². The third kappa shape index (κ3) is 4.48. The Morgan fingerprint density at radius 3 is 2.67 bits per heavy atom. The number of anilines is 2. The number of hydrogen-bond acceptors (Lipinski definition) is 10. The molecule has 3 fully saturated rings. The third-order valence-electron chi connectivity index (χ3n) is 9.32. The van der Waals surface area contributed by atoms with Gasteiger partial charge in [-0.1, -0.05) is 0 Å². The zero-order valence-electron chi connectivity index (χ0n) is 23.2. The number of amides is 2.